The van der Waals surface area contributed by atoms with Crippen LogP contribution in [0, 0.1) is 6.92 Å². The fourth-order valence-electron chi connectivity index (χ4n) is 1.10. The van der Waals surface area contributed by atoms with E-state index in [1.807, 2.05) is 6.92 Å². The molecule has 0 aromatic carbocycles. The number of anilines is 1. The maximum atomic E-state index is 5.72. The summed E-state index contributed by atoms with van der Waals surface area (Å²) in [6.45, 7) is 2.40. The molecular weight excluding hydrogens is 164 g/mol. The molecule has 0 amide bonds. The number of hydrogen-bond donors (Lipinski definition) is 1. The molecule has 4 nitrogen and oxygen atoms in total. The predicted octanol–water partition coefficient (Wildman–Crippen LogP) is 0.730. The second-order valence-corrected chi connectivity index (χ2v) is 2.78. The molecule has 2 heterocycles. The van der Waals surface area contributed by atoms with Crippen LogP contribution in [0.4, 0.5) is 5.69 Å². The Morgan fingerprint density at radius 3 is 3.00 bits per heavy atom. The smallest absolute Gasteiger partial charge is 0.219 e. The highest BCUT2D eigenvalue weighted by Crippen LogP contribution is 2.22. The predicted molar refractivity (Wildman–Crippen MR) is 43.8 cm³/mol. The van der Waals surface area contributed by atoms with Crippen LogP contribution < -0.4 is 5.73 Å². The summed E-state index contributed by atoms with van der Waals surface area (Å²) in [6, 6.07) is 0. The topological polar surface area (TPSA) is 56.2 Å². The monoisotopic (exact) mass is 170 g/mol. The lowest BCUT2D eigenvalue weighted by atomic mass is 10.3. The summed E-state index contributed by atoms with van der Waals surface area (Å²) in [7, 11) is 0. The molecule has 0 saturated carbocycles. The molecule has 5 heteroatoms. The van der Waals surface area contributed by atoms with Crippen molar-refractivity contribution in [1.82, 2.24) is 9.78 Å². The number of rotatable bonds is 0. The molecule has 1 aliphatic rings. The van der Waals surface area contributed by atoms with Gasteiger partial charge in [0.25, 0.3) is 0 Å². The van der Waals surface area contributed by atoms with Gasteiger partial charge in [-0.3, -0.25) is 0 Å². The van der Waals surface area contributed by atoms with E-state index in [-0.39, 0.29) is 0 Å². The van der Waals surface area contributed by atoms with Crippen molar-refractivity contribution in [2.75, 3.05) is 5.73 Å². The van der Waals surface area contributed by atoms with E-state index in [9.17, 15) is 0 Å². The zero-order valence-corrected chi connectivity index (χ0v) is 6.76. The second kappa shape index (κ2) is 1.98. The zero-order chi connectivity index (χ0) is 8.01. The number of hydrogen-bond acceptors (Lipinski definition) is 3. The average molecular weight is 171 g/mol. The molecule has 11 heavy (non-hydrogen) atoms. The minimum absolute atomic E-state index is 0.403. The van der Waals surface area contributed by atoms with Crippen molar-refractivity contribution in [2.24, 2.45) is 4.99 Å². The third-order valence-electron chi connectivity index (χ3n) is 1.74. The maximum Gasteiger partial charge on any atom is 0.219 e. The first-order chi connectivity index (χ1) is 5.20. The lowest BCUT2D eigenvalue weighted by molar-refractivity contribution is 0.902. The maximum absolute atomic E-state index is 5.72. The third kappa shape index (κ3) is 0.758. The van der Waals surface area contributed by atoms with Gasteiger partial charge < -0.3 is 5.73 Å². The number of nitrogens with zero attached hydrogens (tertiary/aromatic N) is 3. The van der Waals surface area contributed by atoms with Crippen LogP contribution >= 0.6 is 11.6 Å². The van der Waals surface area contributed by atoms with Crippen molar-refractivity contribution in [1.29, 1.82) is 0 Å². The van der Waals surface area contributed by atoms with Crippen molar-refractivity contribution in [3.05, 3.63) is 11.4 Å². The number of aliphatic imine (C=N–C) groups is 1. The number of nitrogens with two attached hydrogens (primary N) is 1. The summed E-state index contributed by atoms with van der Waals surface area (Å²) >= 11 is 5.72. The van der Waals surface area contributed by atoms with Gasteiger partial charge in [-0.15, -0.1) is 0 Å². The number of fused-ring (bicyclic) bond motifs is 1. The Balaban J connectivity index is 2.65. The summed E-state index contributed by atoms with van der Waals surface area (Å²) in [5.41, 5.74) is 8.11. The first-order valence-electron chi connectivity index (χ1n) is 3.24. The Bertz CT molecular complexity index is 339. The second-order valence-electron chi connectivity index (χ2n) is 2.44. The largest absolute Gasteiger partial charge is 0.396 e. The zero-order valence-electron chi connectivity index (χ0n) is 6.00. The molecule has 0 radical (unpaired) electrons. The van der Waals surface area contributed by atoms with Crippen molar-refractivity contribution < 1.29 is 0 Å². The summed E-state index contributed by atoms with van der Waals surface area (Å²) < 4.78 is 1.58. The first kappa shape index (κ1) is 6.67. The standard InChI is InChI=1S/C6H7ClN4/c1-3-5(8)4-2-9-6(7)11(4)10-3/h2,8H2,1H3. The van der Waals surface area contributed by atoms with Crippen molar-refractivity contribution in [3.63, 3.8) is 0 Å². The van der Waals surface area contributed by atoms with Gasteiger partial charge in [-0.2, -0.15) is 5.10 Å². The molecule has 1 aromatic rings. The van der Waals surface area contributed by atoms with E-state index < -0.39 is 0 Å². The SMILES string of the molecule is Cc1nn2c(c1N)CN=C2Cl. The lowest BCUT2D eigenvalue weighted by Gasteiger charge is -1.90. The highest BCUT2D eigenvalue weighted by Gasteiger charge is 2.19. The molecular formula is C6H7ClN4. The van der Waals surface area contributed by atoms with Gasteiger partial charge in [0.1, 0.15) is 0 Å². The highest BCUT2D eigenvalue weighted by atomic mass is 35.5. The van der Waals surface area contributed by atoms with Crippen molar-refractivity contribution in [3.8, 4) is 0 Å². The highest BCUT2D eigenvalue weighted by molar-refractivity contribution is 6.65. The fourth-order valence-corrected chi connectivity index (χ4v) is 1.30. The van der Waals surface area contributed by atoms with E-state index in [0.717, 1.165) is 11.4 Å². The van der Waals surface area contributed by atoms with Gasteiger partial charge in [-0.1, -0.05) is 0 Å². The van der Waals surface area contributed by atoms with E-state index in [4.69, 9.17) is 17.3 Å². The van der Waals surface area contributed by atoms with E-state index in [2.05, 4.69) is 10.1 Å². The molecule has 0 fully saturated rings. The summed E-state index contributed by atoms with van der Waals surface area (Å²) in [5.74, 6) is 0. The first-order valence-corrected chi connectivity index (χ1v) is 3.62. The molecule has 1 aromatic heterocycles. The molecule has 2 rings (SSSR count). The molecule has 58 valence electrons. The van der Waals surface area contributed by atoms with E-state index in [1.165, 1.54) is 0 Å². The Morgan fingerprint density at radius 1 is 1.64 bits per heavy atom. The minimum Gasteiger partial charge on any atom is -0.396 e. The summed E-state index contributed by atoms with van der Waals surface area (Å²) in [6.07, 6.45) is 0. The summed E-state index contributed by atoms with van der Waals surface area (Å²) in [5, 5.41) is 4.50. The Labute approximate surface area is 68.7 Å². The average Bonchev–Trinajstić information content (AvgIpc) is 2.43. The Kier molecular flexibility index (Phi) is 1.20. The molecule has 0 unspecified atom stereocenters. The van der Waals surface area contributed by atoms with Crippen LogP contribution in [0.3, 0.4) is 0 Å². The van der Waals surface area contributed by atoms with Crippen LogP contribution in [-0.4, -0.2) is 15.1 Å². The van der Waals surface area contributed by atoms with Gasteiger partial charge in [0.15, 0.2) is 0 Å². The molecule has 2 N–H and O–H groups in total. The van der Waals surface area contributed by atoms with Gasteiger partial charge in [0.2, 0.25) is 5.29 Å². The van der Waals surface area contributed by atoms with E-state index in [0.29, 0.717) is 17.5 Å². The number of aryl methyl sites for hydroxylation is 1. The van der Waals surface area contributed by atoms with Crippen molar-refractivity contribution in [2.45, 2.75) is 13.5 Å². The lowest BCUT2D eigenvalue weighted by Crippen LogP contribution is -2.03. The van der Waals surface area contributed by atoms with Crippen LogP contribution in [-0.2, 0) is 6.54 Å². The van der Waals surface area contributed by atoms with Gasteiger partial charge >= 0.3 is 0 Å². The molecule has 0 aliphatic carbocycles. The molecule has 0 spiro atoms. The number of aromatic nitrogens is 2. The van der Waals surface area contributed by atoms with Crippen LogP contribution in [0.2, 0.25) is 0 Å². The number of halogens is 1. The van der Waals surface area contributed by atoms with Crippen LogP contribution in [0.5, 0.6) is 0 Å². The number of nitrogen functional groups attached to an aromatic ring is 1. The molecule has 0 saturated heterocycles. The molecule has 0 atom stereocenters. The minimum atomic E-state index is 0.403. The van der Waals surface area contributed by atoms with E-state index >= 15 is 0 Å². The van der Waals surface area contributed by atoms with Crippen LogP contribution in [0.25, 0.3) is 0 Å². The van der Waals surface area contributed by atoms with Gasteiger partial charge in [-0.05, 0) is 18.5 Å². The molecule has 0 bridgehead atoms. The van der Waals surface area contributed by atoms with Crippen LogP contribution in [0.15, 0.2) is 4.99 Å². The van der Waals surface area contributed by atoms with Crippen LogP contribution in [0.1, 0.15) is 11.4 Å². The summed E-state index contributed by atoms with van der Waals surface area (Å²) in [4.78, 5) is 3.97. The Hall–Kier alpha value is -1.03. The fraction of sp³-hybridized carbons (Fsp3) is 0.333. The van der Waals surface area contributed by atoms with Gasteiger partial charge in [-0.25, -0.2) is 9.67 Å². The van der Waals surface area contributed by atoms with Gasteiger partial charge in [0, 0.05) is 0 Å². The normalized spacial score (nSPS) is 14.9. The molecule has 1 aliphatic heterocycles. The van der Waals surface area contributed by atoms with Crippen molar-refractivity contribution >= 4 is 22.6 Å². The quantitative estimate of drug-likeness (QED) is 0.624. The van der Waals surface area contributed by atoms with Gasteiger partial charge in [0.05, 0.1) is 23.6 Å². The van der Waals surface area contributed by atoms with E-state index in [1.54, 1.807) is 4.68 Å². The third-order valence-corrected chi connectivity index (χ3v) is 2.02. The Morgan fingerprint density at radius 2 is 2.36 bits per heavy atom.